The first kappa shape index (κ1) is 15.3. The zero-order chi connectivity index (χ0) is 16.2. The lowest BCUT2D eigenvalue weighted by atomic mass is 10.1. The predicted octanol–water partition coefficient (Wildman–Crippen LogP) is 2.60. The summed E-state index contributed by atoms with van der Waals surface area (Å²) in [6, 6.07) is 14.6. The Morgan fingerprint density at radius 2 is 1.74 bits per heavy atom. The minimum absolute atomic E-state index is 0.114. The van der Waals surface area contributed by atoms with Gasteiger partial charge in [-0.1, -0.05) is 6.07 Å². The number of rotatable bonds is 3. The molecule has 0 bridgehead atoms. The molecule has 1 heterocycles. The predicted molar refractivity (Wildman–Crippen MR) is 89.5 cm³/mol. The highest BCUT2D eigenvalue weighted by molar-refractivity contribution is 5.53. The van der Waals surface area contributed by atoms with Gasteiger partial charge in [-0.15, -0.1) is 0 Å². The van der Waals surface area contributed by atoms with Crippen molar-refractivity contribution in [2.45, 2.75) is 6.54 Å². The largest absolute Gasteiger partial charge is 0.399 e. The molecule has 0 amide bonds. The van der Waals surface area contributed by atoms with Gasteiger partial charge >= 0.3 is 0 Å². The minimum atomic E-state index is -0.454. The SMILES string of the molecule is N#Cc1cc(CN2CCN(c3ccc(N)cc3)CC2)ccc1F. The quantitative estimate of drug-likeness (QED) is 0.885. The Balaban J connectivity index is 1.59. The van der Waals surface area contributed by atoms with Crippen LogP contribution in [0.15, 0.2) is 42.5 Å². The Morgan fingerprint density at radius 1 is 1.04 bits per heavy atom. The highest BCUT2D eigenvalue weighted by Gasteiger charge is 2.17. The van der Waals surface area contributed by atoms with Crippen LogP contribution in [0.1, 0.15) is 11.1 Å². The second kappa shape index (κ2) is 6.67. The number of nitriles is 1. The summed E-state index contributed by atoms with van der Waals surface area (Å²) in [6.45, 7) is 4.49. The summed E-state index contributed by atoms with van der Waals surface area (Å²) >= 11 is 0. The fourth-order valence-electron chi connectivity index (χ4n) is 2.86. The van der Waals surface area contributed by atoms with Crippen LogP contribution in [-0.2, 0) is 6.54 Å². The third-order valence-corrected chi connectivity index (χ3v) is 4.19. The van der Waals surface area contributed by atoms with Gasteiger partial charge < -0.3 is 10.6 Å². The molecule has 1 aliphatic rings. The molecule has 0 atom stereocenters. The number of halogens is 1. The Kier molecular flexibility index (Phi) is 4.45. The van der Waals surface area contributed by atoms with Crippen molar-refractivity contribution in [3.63, 3.8) is 0 Å². The normalized spacial score (nSPS) is 15.4. The van der Waals surface area contributed by atoms with E-state index in [-0.39, 0.29) is 5.56 Å². The van der Waals surface area contributed by atoms with E-state index in [4.69, 9.17) is 11.0 Å². The molecule has 4 nitrogen and oxygen atoms in total. The van der Waals surface area contributed by atoms with Crippen molar-refractivity contribution in [3.05, 3.63) is 59.4 Å². The summed E-state index contributed by atoms with van der Waals surface area (Å²) in [7, 11) is 0. The van der Waals surface area contributed by atoms with Crippen LogP contribution in [0, 0.1) is 17.1 Å². The van der Waals surface area contributed by atoms with Gasteiger partial charge in [-0.2, -0.15) is 5.26 Å². The average Bonchev–Trinajstić information content (AvgIpc) is 2.58. The van der Waals surface area contributed by atoms with Gasteiger partial charge in [0.25, 0.3) is 0 Å². The van der Waals surface area contributed by atoms with E-state index < -0.39 is 5.82 Å². The van der Waals surface area contributed by atoms with Gasteiger partial charge in [-0.25, -0.2) is 4.39 Å². The summed E-state index contributed by atoms with van der Waals surface area (Å²) in [5.74, 6) is -0.454. The topological polar surface area (TPSA) is 56.3 Å². The third-order valence-electron chi connectivity index (χ3n) is 4.19. The van der Waals surface area contributed by atoms with Crippen molar-refractivity contribution in [1.82, 2.24) is 4.90 Å². The van der Waals surface area contributed by atoms with E-state index in [1.165, 1.54) is 11.8 Å². The van der Waals surface area contributed by atoms with E-state index in [2.05, 4.69) is 9.80 Å². The lowest BCUT2D eigenvalue weighted by Gasteiger charge is -2.36. The molecule has 5 heteroatoms. The molecule has 3 rings (SSSR count). The molecule has 118 valence electrons. The molecule has 2 aromatic rings. The van der Waals surface area contributed by atoms with Gasteiger partial charge in [0.2, 0.25) is 0 Å². The van der Waals surface area contributed by atoms with Crippen molar-refractivity contribution in [3.8, 4) is 6.07 Å². The van der Waals surface area contributed by atoms with E-state index in [9.17, 15) is 4.39 Å². The minimum Gasteiger partial charge on any atom is -0.399 e. The van der Waals surface area contributed by atoms with Crippen LogP contribution in [0.4, 0.5) is 15.8 Å². The summed E-state index contributed by atoms with van der Waals surface area (Å²) in [4.78, 5) is 4.66. The smallest absolute Gasteiger partial charge is 0.140 e. The second-order valence-electron chi connectivity index (χ2n) is 5.78. The zero-order valence-corrected chi connectivity index (χ0v) is 12.9. The van der Waals surface area contributed by atoms with Crippen molar-refractivity contribution in [2.75, 3.05) is 36.8 Å². The van der Waals surface area contributed by atoms with Gasteiger partial charge in [-0.05, 0) is 42.0 Å². The van der Waals surface area contributed by atoms with Crippen LogP contribution in [0.2, 0.25) is 0 Å². The molecule has 23 heavy (non-hydrogen) atoms. The van der Waals surface area contributed by atoms with Crippen molar-refractivity contribution < 1.29 is 4.39 Å². The maximum atomic E-state index is 13.4. The Labute approximate surface area is 135 Å². The highest BCUT2D eigenvalue weighted by Crippen LogP contribution is 2.19. The second-order valence-corrected chi connectivity index (χ2v) is 5.78. The number of hydrogen-bond donors (Lipinski definition) is 1. The molecule has 1 saturated heterocycles. The number of anilines is 2. The average molecular weight is 310 g/mol. The van der Waals surface area contributed by atoms with E-state index in [0.717, 1.165) is 44.0 Å². The van der Waals surface area contributed by atoms with Gasteiger partial charge in [0.15, 0.2) is 0 Å². The summed E-state index contributed by atoms with van der Waals surface area (Å²) < 4.78 is 13.4. The van der Waals surface area contributed by atoms with Crippen LogP contribution in [0.3, 0.4) is 0 Å². The maximum Gasteiger partial charge on any atom is 0.140 e. The number of nitrogens with two attached hydrogens (primary N) is 1. The Morgan fingerprint density at radius 3 is 2.39 bits per heavy atom. The number of hydrogen-bond acceptors (Lipinski definition) is 4. The lowest BCUT2D eigenvalue weighted by Crippen LogP contribution is -2.45. The summed E-state index contributed by atoms with van der Waals surface area (Å²) in [5.41, 5.74) is 8.77. The van der Waals surface area contributed by atoms with Gasteiger partial charge in [-0.3, -0.25) is 4.90 Å². The molecule has 1 aliphatic heterocycles. The van der Waals surface area contributed by atoms with E-state index in [0.29, 0.717) is 0 Å². The fourth-order valence-corrected chi connectivity index (χ4v) is 2.86. The van der Waals surface area contributed by atoms with E-state index >= 15 is 0 Å². The van der Waals surface area contributed by atoms with E-state index in [1.807, 2.05) is 30.3 Å². The molecule has 0 unspecified atom stereocenters. The van der Waals surface area contributed by atoms with Crippen LogP contribution >= 0.6 is 0 Å². The molecule has 0 saturated carbocycles. The molecule has 0 aliphatic carbocycles. The van der Waals surface area contributed by atoms with Crippen LogP contribution in [-0.4, -0.2) is 31.1 Å². The molecular weight excluding hydrogens is 291 g/mol. The Bertz CT molecular complexity index is 713. The zero-order valence-electron chi connectivity index (χ0n) is 12.9. The molecule has 0 radical (unpaired) electrons. The molecule has 2 N–H and O–H groups in total. The van der Waals surface area contributed by atoms with Gasteiger partial charge in [0, 0.05) is 44.1 Å². The van der Waals surface area contributed by atoms with Crippen LogP contribution in [0.25, 0.3) is 0 Å². The lowest BCUT2D eigenvalue weighted by molar-refractivity contribution is 0.250. The van der Waals surface area contributed by atoms with E-state index in [1.54, 1.807) is 12.1 Å². The van der Waals surface area contributed by atoms with Crippen molar-refractivity contribution in [2.24, 2.45) is 0 Å². The number of piperazine rings is 1. The maximum absolute atomic E-state index is 13.4. The molecular formula is C18H19FN4. The number of nitrogen functional groups attached to an aromatic ring is 1. The monoisotopic (exact) mass is 310 g/mol. The number of nitrogens with zero attached hydrogens (tertiary/aromatic N) is 3. The fraction of sp³-hybridized carbons (Fsp3) is 0.278. The van der Waals surface area contributed by atoms with Gasteiger partial charge in [0.05, 0.1) is 5.56 Å². The summed E-state index contributed by atoms with van der Waals surface area (Å²) in [6.07, 6.45) is 0. The molecule has 0 spiro atoms. The van der Waals surface area contributed by atoms with Crippen LogP contribution < -0.4 is 10.6 Å². The molecule has 2 aromatic carbocycles. The molecule has 0 aromatic heterocycles. The van der Waals surface area contributed by atoms with Crippen molar-refractivity contribution >= 4 is 11.4 Å². The van der Waals surface area contributed by atoms with Gasteiger partial charge in [0.1, 0.15) is 11.9 Å². The van der Waals surface area contributed by atoms with Crippen molar-refractivity contribution in [1.29, 1.82) is 5.26 Å². The summed E-state index contributed by atoms with van der Waals surface area (Å²) in [5, 5.41) is 8.91. The Hall–Kier alpha value is -2.58. The third kappa shape index (κ3) is 3.61. The number of benzene rings is 2. The first-order valence-corrected chi connectivity index (χ1v) is 7.67. The first-order chi connectivity index (χ1) is 11.2. The molecule has 1 fully saturated rings. The standard InChI is InChI=1S/C18H19FN4/c19-18-6-1-14(11-15(18)12-20)13-22-7-9-23(10-8-22)17-4-2-16(21)3-5-17/h1-6,11H,7-10,13,21H2. The highest BCUT2D eigenvalue weighted by atomic mass is 19.1. The first-order valence-electron chi connectivity index (χ1n) is 7.67. The van der Waals surface area contributed by atoms with Crippen LogP contribution in [0.5, 0.6) is 0 Å².